The number of carbonyl (C=O) groups excluding carboxylic acids is 2. The first kappa shape index (κ1) is 15.1. The van der Waals surface area contributed by atoms with Crippen LogP contribution in [-0.4, -0.2) is 53.5 Å². The molecule has 0 radical (unpaired) electrons. The van der Waals surface area contributed by atoms with E-state index in [1.807, 2.05) is 24.8 Å². The van der Waals surface area contributed by atoms with Crippen LogP contribution in [0.25, 0.3) is 0 Å². The number of likely N-dealkylation sites (tertiary alicyclic amines) is 1. The summed E-state index contributed by atoms with van der Waals surface area (Å²) in [4.78, 5) is 28.3. The van der Waals surface area contributed by atoms with Gasteiger partial charge in [0.05, 0.1) is 30.9 Å². The van der Waals surface area contributed by atoms with Crippen molar-refractivity contribution in [1.29, 1.82) is 0 Å². The van der Waals surface area contributed by atoms with E-state index in [0.717, 1.165) is 5.76 Å². The first-order valence-electron chi connectivity index (χ1n) is 7.77. The predicted molar refractivity (Wildman–Crippen MR) is 78.8 cm³/mol. The van der Waals surface area contributed by atoms with Crippen molar-refractivity contribution in [2.75, 3.05) is 19.6 Å². The van der Waals surface area contributed by atoms with Gasteiger partial charge in [0.2, 0.25) is 11.8 Å². The van der Waals surface area contributed by atoms with Gasteiger partial charge in [0.15, 0.2) is 0 Å². The van der Waals surface area contributed by atoms with Crippen LogP contribution in [0.2, 0.25) is 0 Å². The highest BCUT2D eigenvalue weighted by atomic mass is 16.5. The Hall–Kier alpha value is -1.82. The molecule has 2 saturated heterocycles. The summed E-state index contributed by atoms with van der Waals surface area (Å²) in [5, 5.41) is 0. The Morgan fingerprint density at radius 3 is 2.64 bits per heavy atom. The van der Waals surface area contributed by atoms with Gasteiger partial charge in [-0.25, -0.2) is 0 Å². The van der Waals surface area contributed by atoms with Crippen molar-refractivity contribution in [3.63, 3.8) is 0 Å². The highest BCUT2D eigenvalue weighted by molar-refractivity contribution is 5.89. The van der Waals surface area contributed by atoms with Crippen molar-refractivity contribution in [2.24, 2.45) is 5.92 Å². The zero-order chi connectivity index (χ0) is 15.7. The average Bonchev–Trinajstić information content (AvgIpc) is 3.08. The van der Waals surface area contributed by atoms with Crippen molar-refractivity contribution in [1.82, 2.24) is 9.80 Å². The van der Waals surface area contributed by atoms with E-state index in [0.29, 0.717) is 32.6 Å². The number of ether oxygens (including phenoxy) is 1. The van der Waals surface area contributed by atoms with E-state index in [-0.39, 0.29) is 29.9 Å². The van der Waals surface area contributed by atoms with Gasteiger partial charge in [-0.2, -0.15) is 0 Å². The Labute approximate surface area is 130 Å². The summed E-state index contributed by atoms with van der Waals surface area (Å²) in [5.41, 5.74) is 0. The molecule has 0 spiro atoms. The normalized spacial score (nSPS) is 29.2. The summed E-state index contributed by atoms with van der Waals surface area (Å²) in [6.45, 7) is 6.06. The molecule has 22 heavy (non-hydrogen) atoms. The molecule has 0 unspecified atom stereocenters. The van der Waals surface area contributed by atoms with E-state index < -0.39 is 0 Å². The van der Waals surface area contributed by atoms with E-state index in [1.165, 1.54) is 0 Å². The molecule has 120 valence electrons. The van der Waals surface area contributed by atoms with Crippen LogP contribution >= 0.6 is 0 Å². The zero-order valence-corrected chi connectivity index (χ0v) is 13.0. The fraction of sp³-hybridized carbons (Fsp3) is 0.625. The lowest BCUT2D eigenvalue weighted by atomic mass is 10.1. The minimum absolute atomic E-state index is 0.0177. The van der Waals surface area contributed by atoms with Gasteiger partial charge < -0.3 is 19.0 Å². The smallest absolute Gasteiger partial charge is 0.228 e. The number of amides is 2. The number of carbonyl (C=O) groups is 2. The van der Waals surface area contributed by atoms with Crippen LogP contribution in [0, 0.1) is 5.92 Å². The Kier molecular flexibility index (Phi) is 4.20. The Bertz CT molecular complexity index is 532. The fourth-order valence-corrected chi connectivity index (χ4v) is 3.30. The number of morpholine rings is 1. The third-order valence-corrected chi connectivity index (χ3v) is 4.22. The zero-order valence-electron chi connectivity index (χ0n) is 13.0. The lowest BCUT2D eigenvalue weighted by Crippen LogP contribution is -2.50. The summed E-state index contributed by atoms with van der Waals surface area (Å²) >= 11 is 0. The first-order chi connectivity index (χ1) is 10.5. The van der Waals surface area contributed by atoms with Crippen LogP contribution in [0.15, 0.2) is 22.8 Å². The molecule has 3 heterocycles. The molecule has 6 nitrogen and oxygen atoms in total. The quantitative estimate of drug-likeness (QED) is 0.843. The number of hydrogen-bond donors (Lipinski definition) is 0. The van der Waals surface area contributed by atoms with Gasteiger partial charge in [-0.3, -0.25) is 9.59 Å². The number of rotatable bonds is 3. The average molecular weight is 306 g/mol. The first-order valence-corrected chi connectivity index (χ1v) is 7.77. The molecule has 1 aromatic heterocycles. The number of furan rings is 1. The molecule has 0 aliphatic carbocycles. The highest BCUT2D eigenvalue weighted by Gasteiger charge is 2.38. The van der Waals surface area contributed by atoms with Gasteiger partial charge in [0.25, 0.3) is 0 Å². The molecule has 2 amide bonds. The van der Waals surface area contributed by atoms with Crippen LogP contribution in [-0.2, 0) is 20.9 Å². The SMILES string of the molecule is C[C@@H]1CN(C(=O)[C@@H]2CC(=O)N(Cc3ccco3)C2)C[C@@H](C)O1. The van der Waals surface area contributed by atoms with Crippen LogP contribution in [0.1, 0.15) is 26.0 Å². The van der Waals surface area contributed by atoms with E-state index in [1.54, 1.807) is 17.2 Å². The van der Waals surface area contributed by atoms with Crippen molar-refractivity contribution in [2.45, 2.75) is 39.0 Å². The molecule has 0 bridgehead atoms. The summed E-state index contributed by atoms with van der Waals surface area (Å²) in [7, 11) is 0. The minimum Gasteiger partial charge on any atom is -0.467 e. The van der Waals surface area contributed by atoms with Crippen molar-refractivity contribution in [3.05, 3.63) is 24.2 Å². The van der Waals surface area contributed by atoms with Crippen LogP contribution in [0.5, 0.6) is 0 Å². The van der Waals surface area contributed by atoms with Crippen LogP contribution in [0.4, 0.5) is 0 Å². The van der Waals surface area contributed by atoms with Gasteiger partial charge in [-0.1, -0.05) is 0 Å². The highest BCUT2D eigenvalue weighted by Crippen LogP contribution is 2.24. The van der Waals surface area contributed by atoms with Gasteiger partial charge >= 0.3 is 0 Å². The van der Waals surface area contributed by atoms with E-state index in [9.17, 15) is 9.59 Å². The van der Waals surface area contributed by atoms with E-state index in [4.69, 9.17) is 9.15 Å². The molecular formula is C16H22N2O4. The Morgan fingerprint density at radius 1 is 1.27 bits per heavy atom. The largest absolute Gasteiger partial charge is 0.467 e. The Morgan fingerprint density at radius 2 is 2.00 bits per heavy atom. The molecule has 0 aromatic carbocycles. The molecule has 6 heteroatoms. The third kappa shape index (κ3) is 3.16. The molecule has 3 rings (SSSR count). The summed E-state index contributed by atoms with van der Waals surface area (Å²) in [5.74, 6) is 0.580. The summed E-state index contributed by atoms with van der Waals surface area (Å²) in [6.07, 6.45) is 1.97. The number of hydrogen-bond acceptors (Lipinski definition) is 4. The van der Waals surface area contributed by atoms with Crippen molar-refractivity contribution >= 4 is 11.8 Å². The lowest BCUT2D eigenvalue weighted by molar-refractivity contribution is -0.147. The molecule has 0 saturated carbocycles. The monoisotopic (exact) mass is 306 g/mol. The maximum atomic E-state index is 12.7. The second kappa shape index (κ2) is 6.12. The minimum atomic E-state index is -0.250. The summed E-state index contributed by atoms with van der Waals surface area (Å²) in [6, 6.07) is 3.64. The summed E-state index contributed by atoms with van der Waals surface area (Å²) < 4.78 is 10.9. The van der Waals surface area contributed by atoms with Gasteiger partial charge in [-0.05, 0) is 26.0 Å². The molecule has 0 N–H and O–H groups in total. The maximum Gasteiger partial charge on any atom is 0.228 e. The molecule has 1 aromatic rings. The van der Waals surface area contributed by atoms with Gasteiger partial charge in [-0.15, -0.1) is 0 Å². The molecule has 2 aliphatic rings. The fourth-order valence-electron chi connectivity index (χ4n) is 3.30. The van der Waals surface area contributed by atoms with E-state index in [2.05, 4.69) is 0 Å². The number of nitrogens with zero attached hydrogens (tertiary/aromatic N) is 2. The van der Waals surface area contributed by atoms with Gasteiger partial charge in [0, 0.05) is 26.1 Å². The van der Waals surface area contributed by atoms with Crippen LogP contribution < -0.4 is 0 Å². The molecule has 2 aliphatic heterocycles. The Balaban J connectivity index is 1.61. The molecule has 2 fully saturated rings. The third-order valence-electron chi connectivity index (χ3n) is 4.22. The molecular weight excluding hydrogens is 284 g/mol. The predicted octanol–water partition coefficient (Wildman–Crippen LogP) is 1.26. The van der Waals surface area contributed by atoms with Crippen molar-refractivity contribution < 1.29 is 18.7 Å². The lowest BCUT2D eigenvalue weighted by Gasteiger charge is -2.36. The second-order valence-corrected chi connectivity index (χ2v) is 6.26. The topological polar surface area (TPSA) is 63.0 Å². The van der Waals surface area contributed by atoms with E-state index >= 15 is 0 Å². The standard InChI is InChI=1S/C16H22N2O4/c1-11-7-18(8-12(2)22-11)16(20)13-6-15(19)17(9-13)10-14-4-3-5-21-14/h3-5,11-13H,6-10H2,1-2H3/t11-,12-,13-/m1/s1. The molecule has 3 atom stereocenters. The second-order valence-electron chi connectivity index (χ2n) is 6.26. The van der Waals surface area contributed by atoms with Crippen LogP contribution in [0.3, 0.4) is 0 Å². The maximum absolute atomic E-state index is 12.7. The van der Waals surface area contributed by atoms with Crippen molar-refractivity contribution in [3.8, 4) is 0 Å². The van der Waals surface area contributed by atoms with Gasteiger partial charge in [0.1, 0.15) is 5.76 Å².